The number of fused-ring (bicyclic) bond motifs is 1. The summed E-state index contributed by atoms with van der Waals surface area (Å²) in [6.07, 6.45) is 2.50. The molecule has 3 N–H and O–H groups in total. The third-order valence-corrected chi connectivity index (χ3v) is 8.69. The summed E-state index contributed by atoms with van der Waals surface area (Å²) in [4.78, 5) is 31.3. The van der Waals surface area contributed by atoms with Crippen LogP contribution in [0.4, 0.5) is 5.69 Å². The van der Waals surface area contributed by atoms with E-state index in [9.17, 15) is 18.0 Å². The number of sulfone groups is 1. The summed E-state index contributed by atoms with van der Waals surface area (Å²) in [5.41, 5.74) is 3.64. The van der Waals surface area contributed by atoms with Crippen LogP contribution in [0.3, 0.4) is 0 Å². The van der Waals surface area contributed by atoms with Gasteiger partial charge >= 0.3 is 0 Å². The van der Waals surface area contributed by atoms with Crippen LogP contribution in [0.5, 0.6) is 0 Å². The van der Waals surface area contributed by atoms with Crippen molar-refractivity contribution in [3.8, 4) is 0 Å². The number of aromatic amines is 1. The van der Waals surface area contributed by atoms with Gasteiger partial charge in [-0.2, -0.15) is 0 Å². The number of carbonyl (C=O) groups excluding carboxylic acids is 2. The number of rotatable bonds is 6. The largest absolute Gasteiger partial charge is 0.358 e. The molecule has 1 saturated heterocycles. The number of anilines is 1. The molecule has 0 spiro atoms. The van der Waals surface area contributed by atoms with E-state index in [2.05, 4.69) is 15.6 Å². The van der Waals surface area contributed by atoms with E-state index in [1.807, 2.05) is 14.0 Å². The molecule has 2 amide bonds. The molecule has 0 saturated carbocycles. The predicted octanol–water partition coefficient (Wildman–Crippen LogP) is 3.88. The molecule has 0 aliphatic carbocycles. The van der Waals surface area contributed by atoms with Gasteiger partial charge in [0.25, 0.3) is 11.8 Å². The van der Waals surface area contributed by atoms with E-state index in [4.69, 9.17) is 11.6 Å². The van der Waals surface area contributed by atoms with Crippen molar-refractivity contribution in [2.24, 2.45) is 0 Å². The molecule has 192 valence electrons. The first kappa shape index (κ1) is 25.3. The maximum atomic E-state index is 13.3. The van der Waals surface area contributed by atoms with Crippen LogP contribution in [0, 0.1) is 6.92 Å². The molecule has 3 aromatic rings. The van der Waals surface area contributed by atoms with E-state index in [1.54, 1.807) is 47.4 Å². The average molecular weight is 539 g/mol. The molecule has 1 fully saturated rings. The highest BCUT2D eigenvalue weighted by molar-refractivity contribution is 7.90. The van der Waals surface area contributed by atoms with Gasteiger partial charge in [-0.25, -0.2) is 8.42 Å². The topological polar surface area (TPSA) is 111 Å². The van der Waals surface area contributed by atoms with Crippen molar-refractivity contribution in [3.05, 3.63) is 81.6 Å². The van der Waals surface area contributed by atoms with E-state index in [0.29, 0.717) is 51.8 Å². The molecule has 37 heavy (non-hydrogen) atoms. The highest BCUT2D eigenvalue weighted by atomic mass is 35.5. The summed E-state index contributed by atoms with van der Waals surface area (Å²) < 4.78 is 26.3. The lowest BCUT2D eigenvalue weighted by Crippen LogP contribution is -2.33. The number of aryl methyl sites for hydroxylation is 1. The highest BCUT2D eigenvalue weighted by Crippen LogP contribution is 2.36. The van der Waals surface area contributed by atoms with Gasteiger partial charge in [-0.05, 0) is 68.4 Å². The first-order valence-corrected chi connectivity index (χ1v) is 14.0. The smallest absolute Gasteiger partial charge is 0.256 e. The van der Waals surface area contributed by atoms with Crippen molar-refractivity contribution >= 4 is 50.6 Å². The van der Waals surface area contributed by atoms with Crippen LogP contribution in [0.25, 0.3) is 11.6 Å². The molecule has 3 heterocycles. The van der Waals surface area contributed by atoms with Gasteiger partial charge in [0.05, 0.1) is 27.5 Å². The number of H-pyrrole nitrogens is 1. The van der Waals surface area contributed by atoms with Crippen molar-refractivity contribution < 1.29 is 18.0 Å². The summed E-state index contributed by atoms with van der Waals surface area (Å²) in [6.45, 7) is 3.12. The molecule has 1 atom stereocenters. The molecule has 10 heteroatoms. The highest BCUT2D eigenvalue weighted by Gasteiger charge is 2.30. The second-order valence-electron chi connectivity index (χ2n) is 9.41. The first-order chi connectivity index (χ1) is 17.6. The standard InChI is InChI=1S/C27H27ClN4O4S/c1-16-10-23(27(34)32-9-8-19(14-32)29-2)25(30-16)13-22-21-12-20(6-7-24(21)31-26(22)33)37(35,36)15-17-4-3-5-18(28)11-17/h3-7,10-13,19,29-30H,8-9,14-15H2,1-2H3,(H,31,33)/b22-13-/t19-/m1/s1. The van der Waals surface area contributed by atoms with Crippen molar-refractivity contribution in [1.82, 2.24) is 15.2 Å². The monoisotopic (exact) mass is 538 g/mol. The zero-order valence-electron chi connectivity index (χ0n) is 20.5. The molecule has 0 bridgehead atoms. The third-order valence-electron chi connectivity index (χ3n) is 6.76. The van der Waals surface area contributed by atoms with Crippen LogP contribution in [0.2, 0.25) is 5.02 Å². The molecule has 0 radical (unpaired) electrons. The molecule has 2 aliphatic heterocycles. The third kappa shape index (κ3) is 5.07. The number of nitrogens with one attached hydrogen (secondary N) is 3. The molecule has 8 nitrogen and oxygen atoms in total. The molecule has 2 aliphatic rings. The normalized spacial score (nSPS) is 18.4. The number of aromatic nitrogens is 1. The second kappa shape index (κ2) is 9.81. The Balaban J connectivity index is 1.48. The summed E-state index contributed by atoms with van der Waals surface area (Å²) in [6, 6.07) is 13.3. The number of likely N-dealkylation sites (N-methyl/N-ethyl adjacent to an activating group) is 1. The van der Waals surface area contributed by atoms with Crippen molar-refractivity contribution in [3.63, 3.8) is 0 Å². The SMILES string of the molecule is CN[C@@H]1CCN(C(=O)c2cc(C)[nH]c2/C=C2\C(=O)Nc3ccc(S(=O)(=O)Cc4cccc(Cl)c4)cc32)C1. The minimum absolute atomic E-state index is 0.0998. The Bertz CT molecular complexity index is 1540. The lowest BCUT2D eigenvalue weighted by molar-refractivity contribution is -0.110. The van der Waals surface area contributed by atoms with Gasteiger partial charge in [0, 0.05) is 41.1 Å². The summed E-state index contributed by atoms with van der Waals surface area (Å²) >= 11 is 6.02. The van der Waals surface area contributed by atoms with Crippen molar-refractivity contribution in [2.75, 3.05) is 25.5 Å². The zero-order chi connectivity index (χ0) is 26.3. The molecular weight excluding hydrogens is 512 g/mol. The van der Waals surface area contributed by atoms with Gasteiger partial charge in [0.15, 0.2) is 9.84 Å². The maximum absolute atomic E-state index is 13.3. The number of hydrogen-bond donors (Lipinski definition) is 3. The van der Waals surface area contributed by atoms with Gasteiger partial charge in [0.1, 0.15) is 0 Å². The fourth-order valence-corrected chi connectivity index (χ4v) is 6.40. The molecule has 2 aromatic carbocycles. The fourth-order valence-electron chi connectivity index (χ4n) is 4.83. The number of amides is 2. The Labute approximate surface area is 220 Å². The number of halogens is 1. The van der Waals surface area contributed by atoms with Gasteiger partial charge < -0.3 is 20.5 Å². The van der Waals surface area contributed by atoms with E-state index in [0.717, 1.165) is 12.1 Å². The van der Waals surface area contributed by atoms with Crippen LogP contribution >= 0.6 is 11.6 Å². The number of hydrogen-bond acceptors (Lipinski definition) is 5. The zero-order valence-corrected chi connectivity index (χ0v) is 22.0. The van der Waals surface area contributed by atoms with Gasteiger partial charge in [-0.3, -0.25) is 9.59 Å². The maximum Gasteiger partial charge on any atom is 0.256 e. The van der Waals surface area contributed by atoms with Crippen LogP contribution in [0.15, 0.2) is 53.4 Å². The minimum Gasteiger partial charge on any atom is -0.358 e. The van der Waals surface area contributed by atoms with E-state index >= 15 is 0 Å². The van der Waals surface area contributed by atoms with Crippen LogP contribution in [0.1, 0.15) is 39.3 Å². The van der Waals surface area contributed by atoms with Crippen molar-refractivity contribution in [1.29, 1.82) is 0 Å². The van der Waals surface area contributed by atoms with E-state index in [1.165, 1.54) is 12.1 Å². The minimum atomic E-state index is -3.70. The summed E-state index contributed by atoms with van der Waals surface area (Å²) in [5, 5.41) is 6.46. The Kier molecular flexibility index (Phi) is 6.70. The predicted molar refractivity (Wildman–Crippen MR) is 144 cm³/mol. The van der Waals surface area contributed by atoms with Crippen LogP contribution in [-0.2, 0) is 20.4 Å². The Morgan fingerprint density at radius 1 is 1.22 bits per heavy atom. The van der Waals surface area contributed by atoms with Gasteiger partial charge in [0.2, 0.25) is 0 Å². The quantitative estimate of drug-likeness (QED) is 0.412. The Hall–Kier alpha value is -3.40. The number of likely N-dealkylation sites (tertiary alicyclic amines) is 1. The molecule has 0 unspecified atom stereocenters. The second-order valence-corrected chi connectivity index (χ2v) is 11.8. The first-order valence-electron chi connectivity index (χ1n) is 12.0. The molecule has 1 aromatic heterocycles. The molecular formula is C27H27ClN4O4S. The Morgan fingerprint density at radius 3 is 2.76 bits per heavy atom. The van der Waals surface area contributed by atoms with E-state index in [-0.39, 0.29) is 28.5 Å². The summed E-state index contributed by atoms with van der Waals surface area (Å²) in [7, 11) is -1.82. The fraction of sp³-hybridized carbons (Fsp3) is 0.259. The van der Waals surface area contributed by atoms with Crippen LogP contribution in [-0.4, -0.2) is 56.3 Å². The van der Waals surface area contributed by atoms with Gasteiger partial charge in [-0.1, -0.05) is 23.7 Å². The molecule has 5 rings (SSSR count). The van der Waals surface area contributed by atoms with Gasteiger partial charge in [-0.15, -0.1) is 0 Å². The number of carbonyl (C=O) groups is 2. The summed E-state index contributed by atoms with van der Waals surface area (Å²) in [5.74, 6) is -0.683. The van der Waals surface area contributed by atoms with E-state index < -0.39 is 9.84 Å². The lowest BCUT2D eigenvalue weighted by atomic mass is 10.0. The number of benzene rings is 2. The lowest BCUT2D eigenvalue weighted by Gasteiger charge is -2.16. The number of nitrogens with zero attached hydrogens (tertiary/aromatic N) is 1. The Morgan fingerprint density at radius 2 is 2.03 bits per heavy atom. The van der Waals surface area contributed by atoms with Crippen molar-refractivity contribution in [2.45, 2.75) is 30.0 Å². The average Bonchev–Trinajstić information content (AvgIpc) is 3.55. The van der Waals surface area contributed by atoms with Crippen LogP contribution < -0.4 is 10.6 Å².